The first kappa shape index (κ1) is 24.6. The maximum absolute atomic E-state index is 13.5. The monoisotopic (exact) mass is 492 g/mol. The van der Waals surface area contributed by atoms with E-state index in [1.54, 1.807) is 23.1 Å². The van der Waals surface area contributed by atoms with Crippen molar-refractivity contribution in [2.75, 3.05) is 38.7 Å². The van der Waals surface area contributed by atoms with Crippen LogP contribution in [0.25, 0.3) is 10.4 Å². The number of nitrogens with zero attached hydrogens (tertiary/aromatic N) is 1. The lowest BCUT2D eigenvalue weighted by atomic mass is 10.0. The van der Waals surface area contributed by atoms with Gasteiger partial charge in [-0.2, -0.15) is 0 Å². The number of ketones is 1. The second-order valence-electron chi connectivity index (χ2n) is 8.34. The van der Waals surface area contributed by atoms with Crippen LogP contribution in [0.2, 0.25) is 0 Å². The number of benzene rings is 2. The van der Waals surface area contributed by atoms with Crippen LogP contribution >= 0.6 is 11.3 Å². The predicted molar refractivity (Wildman–Crippen MR) is 137 cm³/mol. The number of methoxy groups -OCH3 is 1. The van der Waals surface area contributed by atoms with Crippen molar-refractivity contribution in [1.29, 1.82) is 0 Å². The Balaban J connectivity index is 1.67. The standard InChI is InChI=1S/C27H28N2O5S/c1-17-24(27(32)29-11-13-34-14-12-29)26(35-25(17)19-7-5-4-6-8-19)28-23(31)16-21-15-20(18(2)30)9-10-22(21)33-3/h4-10,15H,11-14,16H2,1-3H3,(H,28,31). The van der Waals surface area contributed by atoms with Gasteiger partial charge >= 0.3 is 0 Å². The van der Waals surface area contributed by atoms with E-state index in [0.717, 1.165) is 16.0 Å². The van der Waals surface area contributed by atoms with E-state index in [9.17, 15) is 14.4 Å². The number of morpholine rings is 1. The molecule has 35 heavy (non-hydrogen) atoms. The van der Waals surface area contributed by atoms with Crippen LogP contribution in [0.15, 0.2) is 48.5 Å². The molecule has 1 aliphatic heterocycles. The number of amides is 2. The van der Waals surface area contributed by atoms with Gasteiger partial charge in [0.25, 0.3) is 5.91 Å². The summed E-state index contributed by atoms with van der Waals surface area (Å²) in [5, 5.41) is 3.49. The quantitative estimate of drug-likeness (QED) is 0.488. The number of carbonyl (C=O) groups excluding carboxylic acids is 3. The maximum atomic E-state index is 13.5. The van der Waals surface area contributed by atoms with Gasteiger partial charge in [-0.15, -0.1) is 11.3 Å². The predicted octanol–water partition coefficient (Wildman–Crippen LogP) is 4.59. The summed E-state index contributed by atoms with van der Waals surface area (Å²) in [6, 6.07) is 14.9. The lowest BCUT2D eigenvalue weighted by Crippen LogP contribution is -2.41. The van der Waals surface area contributed by atoms with E-state index in [1.807, 2.05) is 37.3 Å². The average Bonchev–Trinajstić information content (AvgIpc) is 3.19. The Morgan fingerprint density at radius 1 is 1.09 bits per heavy atom. The Kier molecular flexibility index (Phi) is 7.63. The van der Waals surface area contributed by atoms with Crippen LogP contribution in [0.5, 0.6) is 5.75 Å². The van der Waals surface area contributed by atoms with Crippen LogP contribution < -0.4 is 10.1 Å². The van der Waals surface area contributed by atoms with Gasteiger partial charge in [0.05, 0.1) is 32.3 Å². The van der Waals surface area contributed by atoms with E-state index in [1.165, 1.54) is 25.4 Å². The van der Waals surface area contributed by atoms with Gasteiger partial charge in [0.1, 0.15) is 10.8 Å². The summed E-state index contributed by atoms with van der Waals surface area (Å²) in [4.78, 5) is 41.2. The summed E-state index contributed by atoms with van der Waals surface area (Å²) >= 11 is 1.39. The minimum atomic E-state index is -0.291. The Bertz CT molecular complexity index is 1250. The summed E-state index contributed by atoms with van der Waals surface area (Å²) in [5.41, 5.74) is 3.45. The number of ether oxygens (including phenoxy) is 2. The zero-order chi connectivity index (χ0) is 24.9. The molecule has 0 radical (unpaired) electrons. The van der Waals surface area contributed by atoms with E-state index in [0.29, 0.717) is 53.7 Å². The molecular formula is C27H28N2O5S. The van der Waals surface area contributed by atoms with Gasteiger partial charge in [0.2, 0.25) is 5.91 Å². The van der Waals surface area contributed by atoms with Crippen molar-refractivity contribution in [3.8, 4) is 16.2 Å². The van der Waals surface area contributed by atoms with Crippen molar-refractivity contribution < 1.29 is 23.9 Å². The fourth-order valence-electron chi connectivity index (χ4n) is 4.13. The van der Waals surface area contributed by atoms with Crippen LogP contribution in [0, 0.1) is 6.92 Å². The summed E-state index contributed by atoms with van der Waals surface area (Å²) in [7, 11) is 1.53. The summed E-state index contributed by atoms with van der Waals surface area (Å²) in [6.07, 6.45) is 0.00704. The van der Waals surface area contributed by atoms with Crippen molar-refractivity contribution in [2.24, 2.45) is 0 Å². The fourth-order valence-corrected chi connectivity index (χ4v) is 5.35. The van der Waals surface area contributed by atoms with Crippen LogP contribution in [0.4, 0.5) is 5.00 Å². The normalized spacial score (nSPS) is 13.4. The number of anilines is 1. The molecule has 2 aromatic carbocycles. The van der Waals surface area contributed by atoms with Crippen LogP contribution in [-0.4, -0.2) is 55.9 Å². The number of carbonyl (C=O) groups is 3. The Morgan fingerprint density at radius 3 is 2.46 bits per heavy atom. The molecule has 182 valence electrons. The molecule has 0 aliphatic carbocycles. The third kappa shape index (κ3) is 5.44. The Labute approximate surface area is 208 Å². The van der Waals surface area contributed by atoms with Gasteiger partial charge in [0.15, 0.2) is 5.78 Å². The van der Waals surface area contributed by atoms with Crippen LogP contribution in [0.1, 0.15) is 38.8 Å². The Morgan fingerprint density at radius 2 is 1.80 bits per heavy atom. The third-order valence-corrected chi connectivity index (χ3v) is 7.24. The molecule has 0 bridgehead atoms. The molecule has 0 unspecified atom stereocenters. The average molecular weight is 493 g/mol. The van der Waals surface area contributed by atoms with Crippen molar-refractivity contribution in [3.05, 3.63) is 70.8 Å². The van der Waals surface area contributed by atoms with Crippen molar-refractivity contribution in [2.45, 2.75) is 20.3 Å². The minimum Gasteiger partial charge on any atom is -0.496 e. The largest absolute Gasteiger partial charge is 0.496 e. The lowest BCUT2D eigenvalue weighted by Gasteiger charge is -2.27. The summed E-state index contributed by atoms with van der Waals surface area (Å²) in [6.45, 7) is 5.41. The smallest absolute Gasteiger partial charge is 0.257 e. The maximum Gasteiger partial charge on any atom is 0.257 e. The molecule has 1 aliphatic rings. The van der Waals surface area contributed by atoms with Gasteiger partial charge in [-0.1, -0.05) is 30.3 Å². The summed E-state index contributed by atoms with van der Waals surface area (Å²) in [5.74, 6) is 0.0350. The lowest BCUT2D eigenvalue weighted by molar-refractivity contribution is -0.115. The van der Waals surface area contributed by atoms with Gasteiger partial charge in [-0.25, -0.2) is 0 Å². The van der Waals surface area contributed by atoms with Crippen LogP contribution in [0.3, 0.4) is 0 Å². The molecule has 2 amide bonds. The second-order valence-corrected chi connectivity index (χ2v) is 9.36. The minimum absolute atomic E-state index is 0.00704. The highest BCUT2D eigenvalue weighted by Gasteiger charge is 2.28. The third-order valence-electron chi connectivity index (χ3n) is 5.99. The van der Waals surface area contributed by atoms with Crippen molar-refractivity contribution in [3.63, 3.8) is 0 Å². The number of Topliss-reactive ketones (excluding diaryl/α,β-unsaturated/α-hetero) is 1. The van der Waals surface area contributed by atoms with Gasteiger partial charge in [-0.05, 0) is 43.2 Å². The molecule has 8 heteroatoms. The molecule has 0 saturated carbocycles. The first-order valence-electron chi connectivity index (χ1n) is 11.4. The molecule has 2 heterocycles. The molecular weight excluding hydrogens is 464 g/mol. The number of rotatable bonds is 7. The number of hydrogen-bond acceptors (Lipinski definition) is 6. The highest BCUT2D eigenvalue weighted by Crippen LogP contribution is 2.40. The highest BCUT2D eigenvalue weighted by molar-refractivity contribution is 7.20. The topological polar surface area (TPSA) is 84.9 Å². The van der Waals surface area contributed by atoms with Crippen molar-refractivity contribution in [1.82, 2.24) is 4.90 Å². The Hall–Kier alpha value is -3.49. The molecule has 1 saturated heterocycles. The molecule has 4 rings (SSSR count). The molecule has 3 aromatic rings. The van der Waals surface area contributed by atoms with E-state index in [2.05, 4.69) is 5.32 Å². The van der Waals surface area contributed by atoms with Gasteiger partial charge in [0, 0.05) is 29.1 Å². The zero-order valence-electron chi connectivity index (χ0n) is 20.1. The number of nitrogens with one attached hydrogen (secondary N) is 1. The molecule has 0 spiro atoms. The van der Waals surface area contributed by atoms with E-state index in [-0.39, 0.29) is 24.0 Å². The number of hydrogen-bond donors (Lipinski definition) is 1. The molecule has 1 fully saturated rings. The molecule has 1 aromatic heterocycles. The van der Waals surface area contributed by atoms with Gasteiger partial charge < -0.3 is 19.7 Å². The zero-order valence-corrected chi connectivity index (χ0v) is 20.9. The first-order chi connectivity index (χ1) is 16.9. The summed E-state index contributed by atoms with van der Waals surface area (Å²) < 4.78 is 10.8. The molecule has 0 atom stereocenters. The molecule has 7 nitrogen and oxygen atoms in total. The van der Waals surface area contributed by atoms with E-state index >= 15 is 0 Å². The first-order valence-corrected chi connectivity index (χ1v) is 12.2. The highest BCUT2D eigenvalue weighted by atomic mass is 32.1. The number of thiophene rings is 1. The van der Waals surface area contributed by atoms with Crippen molar-refractivity contribution >= 4 is 33.9 Å². The SMILES string of the molecule is COc1ccc(C(C)=O)cc1CC(=O)Nc1sc(-c2ccccc2)c(C)c1C(=O)N1CCOCC1. The molecule has 1 N–H and O–H groups in total. The van der Waals surface area contributed by atoms with Gasteiger partial charge in [-0.3, -0.25) is 14.4 Å². The van der Waals surface area contributed by atoms with Crippen LogP contribution in [-0.2, 0) is 16.0 Å². The fraction of sp³-hybridized carbons (Fsp3) is 0.296. The van der Waals surface area contributed by atoms with E-state index < -0.39 is 0 Å². The van der Waals surface area contributed by atoms with E-state index in [4.69, 9.17) is 9.47 Å². The second kappa shape index (κ2) is 10.8.